The lowest BCUT2D eigenvalue weighted by Gasteiger charge is -2.33. The lowest BCUT2D eigenvalue weighted by atomic mass is 10.5. The van der Waals surface area contributed by atoms with Crippen LogP contribution in [0.15, 0.2) is 0 Å². The lowest BCUT2D eigenvalue weighted by Crippen LogP contribution is -2.31. The molecule has 0 aromatic carbocycles. The molecule has 0 amide bonds. The van der Waals surface area contributed by atoms with Crippen molar-refractivity contribution >= 4 is 16.7 Å². The van der Waals surface area contributed by atoms with E-state index in [1.807, 2.05) is 41.5 Å². The fraction of sp³-hybridized carbons (Fsp3) is 1.00. The summed E-state index contributed by atoms with van der Waals surface area (Å²) in [5, 5.41) is 0. The Kier molecular flexibility index (Phi) is 8.93. The van der Waals surface area contributed by atoms with Gasteiger partial charge in [0.05, 0.1) is 18.3 Å². The van der Waals surface area contributed by atoms with Crippen LogP contribution in [0.2, 0.25) is 19.6 Å². The molecule has 0 aromatic rings. The first-order valence-corrected chi connectivity index (χ1v) is 11.6. The van der Waals surface area contributed by atoms with Crippen molar-refractivity contribution in [1.82, 2.24) is 0 Å². The van der Waals surface area contributed by atoms with Crippen LogP contribution in [0.3, 0.4) is 0 Å². The minimum Gasteiger partial charge on any atom is -0.372 e. The van der Waals surface area contributed by atoms with Crippen LogP contribution in [0.4, 0.5) is 0 Å². The Balaban J connectivity index is 4.87. The van der Waals surface area contributed by atoms with Gasteiger partial charge in [0.15, 0.2) is 8.32 Å². The second kappa shape index (κ2) is 8.70. The quantitative estimate of drug-likeness (QED) is 0.351. The van der Waals surface area contributed by atoms with Crippen LogP contribution in [0, 0.1) is 0 Å². The zero-order valence-electron chi connectivity index (χ0n) is 13.9. The molecule has 0 aromatic heterocycles. The van der Waals surface area contributed by atoms with Gasteiger partial charge in [0, 0.05) is 0 Å². The highest BCUT2D eigenvalue weighted by molar-refractivity contribution is 7.49. The van der Waals surface area contributed by atoms with Gasteiger partial charge in [0.1, 0.15) is 0 Å². The Bertz CT molecular complexity index is 231. The summed E-state index contributed by atoms with van der Waals surface area (Å²) in [5.41, 5.74) is 0. The Morgan fingerprint density at radius 2 is 1.16 bits per heavy atom. The molecular formula is C13H31O4PSi. The van der Waals surface area contributed by atoms with Crippen molar-refractivity contribution < 1.29 is 18.2 Å². The number of hydrogen-bond acceptors (Lipinski definition) is 4. The van der Waals surface area contributed by atoms with E-state index in [9.17, 15) is 0 Å². The van der Waals surface area contributed by atoms with Crippen molar-refractivity contribution in [2.45, 2.75) is 85.5 Å². The molecule has 0 bridgehead atoms. The summed E-state index contributed by atoms with van der Waals surface area (Å²) in [6, 6.07) is -0.427. The first-order valence-electron chi connectivity index (χ1n) is 6.97. The van der Waals surface area contributed by atoms with Gasteiger partial charge < -0.3 is 18.2 Å². The number of rotatable bonds is 9. The highest BCUT2D eigenvalue weighted by Gasteiger charge is 2.33. The summed E-state index contributed by atoms with van der Waals surface area (Å²) in [7, 11) is -2.91. The van der Waals surface area contributed by atoms with E-state index in [1.165, 1.54) is 0 Å². The molecule has 1 atom stereocenters. The Hall–Kier alpha value is 0.487. The smallest absolute Gasteiger partial charge is 0.228 e. The van der Waals surface area contributed by atoms with E-state index in [1.54, 1.807) is 0 Å². The third-order valence-corrected chi connectivity index (χ3v) is 5.76. The van der Waals surface area contributed by atoms with Crippen molar-refractivity contribution in [2.24, 2.45) is 0 Å². The van der Waals surface area contributed by atoms with Crippen LogP contribution >= 0.6 is 8.38 Å². The van der Waals surface area contributed by atoms with Gasteiger partial charge in [-0.05, 0) is 61.2 Å². The van der Waals surface area contributed by atoms with Gasteiger partial charge in [0.25, 0.3) is 0 Å². The normalized spacial score (nSPS) is 15.0. The van der Waals surface area contributed by atoms with Crippen molar-refractivity contribution in [1.29, 1.82) is 0 Å². The predicted molar refractivity (Wildman–Crippen MR) is 83.8 cm³/mol. The van der Waals surface area contributed by atoms with E-state index in [0.717, 1.165) is 0 Å². The van der Waals surface area contributed by atoms with Crippen LogP contribution in [-0.2, 0) is 18.2 Å². The van der Waals surface area contributed by atoms with Gasteiger partial charge in [-0.3, -0.25) is 0 Å². The number of ether oxygens (including phenoxy) is 2. The molecule has 0 heterocycles. The van der Waals surface area contributed by atoms with E-state index < -0.39 is 22.7 Å². The van der Waals surface area contributed by atoms with Crippen LogP contribution in [0.1, 0.15) is 41.5 Å². The van der Waals surface area contributed by atoms with E-state index in [4.69, 9.17) is 18.2 Å². The molecule has 0 N–H and O–H groups in total. The molecule has 116 valence electrons. The highest BCUT2D eigenvalue weighted by Crippen LogP contribution is 2.49. The molecule has 6 heteroatoms. The molecule has 0 rings (SSSR count). The van der Waals surface area contributed by atoms with Crippen LogP contribution in [0.5, 0.6) is 0 Å². The summed E-state index contributed by atoms with van der Waals surface area (Å²) in [6.45, 7) is 18.4. The minimum atomic E-state index is -1.71. The molecule has 0 aliphatic rings. The molecule has 0 saturated carbocycles. The van der Waals surface area contributed by atoms with Gasteiger partial charge >= 0.3 is 0 Å². The van der Waals surface area contributed by atoms with Crippen molar-refractivity contribution in [3.05, 3.63) is 0 Å². The average Bonchev–Trinajstić information content (AvgIpc) is 2.10. The molecule has 0 aliphatic heterocycles. The average molecular weight is 310 g/mol. The molecule has 19 heavy (non-hydrogen) atoms. The van der Waals surface area contributed by atoms with Gasteiger partial charge in [-0.2, -0.15) is 0 Å². The second-order valence-electron chi connectivity index (χ2n) is 6.32. The molecule has 0 spiro atoms. The van der Waals surface area contributed by atoms with Crippen molar-refractivity contribution in [3.63, 3.8) is 0 Å². The summed E-state index contributed by atoms with van der Waals surface area (Å²) in [4.78, 5) is 0. The van der Waals surface area contributed by atoms with Crippen molar-refractivity contribution in [2.75, 3.05) is 0 Å². The Labute approximate surface area is 121 Å². The maximum absolute atomic E-state index is 6.14. The summed E-state index contributed by atoms with van der Waals surface area (Å²) < 4.78 is 23.8. The van der Waals surface area contributed by atoms with E-state index in [2.05, 4.69) is 19.6 Å². The van der Waals surface area contributed by atoms with Gasteiger partial charge in [-0.25, -0.2) is 0 Å². The topological polar surface area (TPSA) is 36.9 Å². The minimum absolute atomic E-state index is 0.0785. The van der Waals surface area contributed by atoms with Gasteiger partial charge in [-0.1, -0.05) is 0 Å². The van der Waals surface area contributed by atoms with Crippen LogP contribution < -0.4 is 0 Å². The SMILES string of the molecule is CC(C)OC(OC(C)C)P(OC(C)C)O[Si](C)(C)C. The fourth-order valence-corrected chi connectivity index (χ4v) is 5.07. The highest BCUT2D eigenvalue weighted by atomic mass is 31.2. The summed E-state index contributed by atoms with van der Waals surface area (Å²) >= 11 is 0. The first-order chi connectivity index (χ1) is 8.51. The van der Waals surface area contributed by atoms with Gasteiger partial charge in [0.2, 0.25) is 14.4 Å². The third-order valence-electron chi connectivity index (χ3n) is 1.63. The summed E-state index contributed by atoms with van der Waals surface area (Å²) in [6.07, 6.45) is 0.251. The molecule has 0 aliphatic carbocycles. The van der Waals surface area contributed by atoms with E-state index in [-0.39, 0.29) is 18.3 Å². The zero-order valence-corrected chi connectivity index (χ0v) is 15.8. The second-order valence-corrected chi connectivity index (χ2v) is 12.5. The van der Waals surface area contributed by atoms with Gasteiger partial charge in [-0.15, -0.1) is 0 Å². The lowest BCUT2D eigenvalue weighted by molar-refractivity contribution is -0.139. The largest absolute Gasteiger partial charge is 0.372 e. The van der Waals surface area contributed by atoms with Crippen LogP contribution in [-0.4, -0.2) is 32.7 Å². The third kappa shape index (κ3) is 10.9. The van der Waals surface area contributed by atoms with E-state index >= 15 is 0 Å². The predicted octanol–water partition coefficient (Wildman–Crippen LogP) is 4.71. The molecule has 0 radical (unpaired) electrons. The molecule has 4 nitrogen and oxygen atoms in total. The molecule has 1 unspecified atom stereocenters. The zero-order chi connectivity index (χ0) is 15.2. The maximum Gasteiger partial charge on any atom is 0.228 e. The maximum atomic E-state index is 6.14. The Morgan fingerprint density at radius 3 is 1.42 bits per heavy atom. The molecule has 0 saturated heterocycles. The fourth-order valence-electron chi connectivity index (χ4n) is 1.19. The molecule has 0 fully saturated rings. The number of hydrogen-bond donors (Lipinski definition) is 0. The first kappa shape index (κ1) is 19.5. The van der Waals surface area contributed by atoms with Crippen LogP contribution in [0.25, 0.3) is 0 Å². The standard InChI is InChI=1S/C13H31O4PSi/c1-10(2)14-13(15-11(3)4)18(16-12(5)6)17-19(7,8)9/h10-13H,1-9H3. The summed E-state index contributed by atoms with van der Waals surface area (Å²) in [5.74, 6) is 0. The monoisotopic (exact) mass is 310 g/mol. The van der Waals surface area contributed by atoms with Crippen molar-refractivity contribution in [3.8, 4) is 0 Å². The van der Waals surface area contributed by atoms with E-state index in [0.29, 0.717) is 0 Å². The Morgan fingerprint density at radius 1 is 0.737 bits per heavy atom. The molecular weight excluding hydrogens is 279 g/mol.